The summed E-state index contributed by atoms with van der Waals surface area (Å²) in [5, 5.41) is 35.6. The first-order valence-electron chi connectivity index (χ1n) is 30.0. The molecular formula is C64H70N16O2. The molecule has 6 fully saturated rings. The maximum atomic E-state index is 6.60. The minimum Gasteiger partial charge on any atom is -0.379 e. The number of anilines is 6. The standard InChI is InChI=1S/C64H70N16O2/c1-81-58-44-29-52(58)77(34-44)48-23-16-36-14-21-46(27-40(36)18-25-48)67-63-70-61(66)80(76-63)55-31-43-11-6-9-39-13-20-45(32-51(39)57(43)74-72-55)64-33-53(59(64)82-2)78(35-64)49-24-17-37-15-22-47(28-41(37)19-26-49)68-62-69-60(65)79(75-62)54-30-42-10-5-8-38-7-3-4-12-50(38)56(42)73-71-54/h3-4,7,12-15,20-22,27-28,30-32,44,48-49,52-53,58-59H,5-6,8-11,16-19,23-26,29,33-35H2,1-2H3,(H3,65,68,69,75)(H3,66,67,70,76)/t44?,48-,49+,52?,53?,58+,59+,64?/m0/s1. The van der Waals surface area contributed by atoms with Crippen LogP contribution < -0.4 is 22.1 Å². The van der Waals surface area contributed by atoms with Crippen LogP contribution in [0.2, 0.25) is 0 Å². The van der Waals surface area contributed by atoms with Gasteiger partial charge in [-0.3, -0.25) is 9.80 Å². The van der Waals surface area contributed by atoms with Crippen molar-refractivity contribution in [2.24, 2.45) is 5.92 Å². The molecule has 0 spiro atoms. The van der Waals surface area contributed by atoms with Crippen molar-refractivity contribution in [3.63, 3.8) is 0 Å². The van der Waals surface area contributed by atoms with Gasteiger partial charge in [0.2, 0.25) is 23.8 Å². The van der Waals surface area contributed by atoms with E-state index in [9.17, 15) is 0 Å². The van der Waals surface area contributed by atoms with Gasteiger partial charge in [0, 0.05) is 85.3 Å². The zero-order chi connectivity index (χ0) is 54.8. The van der Waals surface area contributed by atoms with Gasteiger partial charge in [-0.25, -0.2) is 0 Å². The predicted molar refractivity (Wildman–Crippen MR) is 315 cm³/mol. The van der Waals surface area contributed by atoms with Crippen molar-refractivity contribution in [1.29, 1.82) is 0 Å². The topological polar surface area (TPSA) is 214 Å². The van der Waals surface area contributed by atoms with Gasteiger partial charge in [-0.05, 0) is 195 Å². The number of fused-ring (bicyclic) bond motifs is 10. The minimum atomic E-state index is -0.0986. The highest BCUT2D eigenvalue weighted by Crippen LogP contribution is 2.57. The van der Waals surface area contributed by atoms with Crippen LogP contribution in [0.4, 0.5) is 35.2 Å². The lowest BCUT2D eigenvalue weighted by Gasteiger charge is -2.46. The van der Waals surface area contributed by atoms with Crippen molar-refractivity contribution in [2.75, 3.05) is 49.4 Å². The molecule has 4 aliphatic heterocycles. The van der Waals surface area contributed by atoms with Gasteiger partial charge in [0.1, 0.15) is 0 Å². The minimum absolute atomic E-state index is 0.0986. The summed E-state index contributed by atoms with van der Waals surface area (Å²) in [6, 6.07) is 35.2. The Bertz CT molecular complexity index is 3820. The molecule has 4 saturated heterocycles. The maximum Gasteiger partial charge on any atom is 0.248 e. The molecule has 4 aromatic heterocycles. The summed E-state index contributed by atoms with van der Waals surface area (Å²) >= 11 is 0. The zero-order valence-electron chi connectivity index (χ0n) is 46.8. The van der Waals surface area contributed by atoms with Crippen molar-refractivity contribution in [3.8, 4) is 34.2 Å². The van der Waals surface area contributed by atoms with E-state index in [-0.39, 0.29) is 23.4 Å². The number of nitrogens with one attached hydrogen (secondary N) is 2. The molecule has 6 aliphatic carbocycles. The van der Waals surface area contributed by atoms with Gasteiger partial charge < -0.3 is 31.6 Å². The zero-order valence-corrected chi connectivity index (χ0v) is 46.8. The third-order valence-corrected chi connectivity index (χ3v) is 20.4. The average molecular weight is 1100 g/mol. The van der Waals surface area contributed by atoms with Gasteiger partial charge >= 0.3 is 0 Å². The second kappa shape index (κ2) is 19.8. The molecule has 6 N–H and O–H groups in total. The smallest absolute Gasteiger partial charge is 0.248 e. The molecule has 18 heteroatoms. The molecule has 4 bridgehead atoms. The highest BCUT2D eigenvalue weighted by molar-refractivity contribution is 5.71. The summed E-state index contributed by atoms with van der Waals surface area (Å²) in [6.45, 7) is 2.16. The molecule has 4 unspecified atom stereocenters. The lowest BCUT2D eigenvalue weighted by Crippen LogP contribution is -2.56. The third-order valence-electron chi connectivity index (χ3n) is 20.4. The molecule has 18 nitrogen and oxygen atoms in total. The number of nitrogens with zero attached hydrogens (tertiary/aromatic N) is 12. The largest absolute Gasteiger partial charge is 0.379 e. The maximum absolute atomic E-state index is 6.60. The summed E-state index contributed by atoms with van der Waals surface area (Å²) in [7, 11) is 3.78. The molecule has 8 heterocycles. The first-order chi connectivity index (χ1) is 40.2. The summed E-state index contributed by atoms with van der Waals surface area (Å²) < 4.78 is 15.5. The van der Waals surface area contributed by atoms with Crippen LogP contribution in [0.15, 0.2) is 91.0 Å². The van der Waals surface area contributed by atoms with Gasteiger partial charge in [-0.15, -0.1) is 30.6 Å². The third kappa shape index (κ3) is 8.33. The van der Waals surface area contributed by atoms with Crippen LogP contribution in [0.25, 0.3) is 34.2 Å². The second-order valence-corrected chi connectivity index (χ2v) is 24.7. The highest BCUT2D eigenvalue weighted by Gasteiger charge is 2.65. The van der Waals surface area contributed by atoms with Gasteiger partial charge in [0.05, 0.1) is 23.6 Å². The molecule has 418 valence electrons. The molecule has 82 heavy (non-hydrogen) atoms. The van der Waals surface area contributed by atoms with E-state index in [2.05, 4.69) is 132 Å². The lowest BCUT2D eigenvalue weighted by molar-refractivity contribution is -0.0406. The van der Waals surface area contributed by atoms with Gasteiger partial charge in [-0.2, -0.15) is 19.3 Å². The van der Waals surface area contributed by atoms with E-state index in [4.69, 9.17) is 41.3 Å². The van der Waals surface area contributed by atoms with Crippen LogP contribution in [0, 0.1) is 5.92 Å². The Hall–Kier alpha value is -7.64. The molecule has 0 radical (unpaired) electrons. The van der Waals surface area contributed by atoms with Crippen molar-refractivity contribution in [1.82, 2.24) is 59.7 Å². The first-order valence-corrected chi connectivity index (χ1v) is 30.0. The Kier molecular flexibility index (Phi) is 12.1. The number of rotatable bonds is 11. The SMILES string of the molecule is CO[C@@H]1C2CC1N([C@H]1CCc3ccc(Nc4nc(N)n(-c5cc6c(nn5)-c5cc(C78CC([C@H]7OC)N([C@@H]7CCc9ccc(Nc%10nc(N)n(-c%11cc%12c(nn%11)-c%11ccccc%11CCC%12)n%10)cc9CC7)C8)ccc5CCC6)n4)cc3CC1)C2. The summed E-state index contributed by atoms with van der Waals surface area (Å²) in [5.41, 5.74) is 30.9. The van der Waals surface area contributed by atoms with Gasteiger partial charge in [0.15, 0.2) is 11.6 Å². The first kappa shape index (κ1) is 50.1. The molecule has 0 amide bonds. The van der Waals surface area contributed by atoms with Crippen molar-refractivity contribution in [2.45, 2.75) is 145 Å². The van der Waals surface area contributed by atoms with Crippen LogP contribution in [-0.2, 0) is 66.3 Å². The molecule has 2 saturated carbocycles. The van der Waals surface area contributed by atoms with Crippen LogP contribution >= 0.6 is 0 Å². The quantitative estimate of drug-likeness (QED) is 0.0892. The number of ether oxygens (including phenoxy) is 2. The normalized spacial score (nSPS) is 26.0. The van der Waals surface area contributed by atoms with E-state index >= 15 is 0 Å². The van der Waals surface area contributed by atoms with Crippen LogP contribution in [0.1, 0.15) is 101 Å². The fourth-order valence-corrected chi connectivity index (χ4v) is 16.3. The van der Waals surface area contributed by atoms with Crippen molar-refractivity contribution < 1.29 is 9.47 Å². The highest BCUT2D eigenvalue weighted by atomic mass is 16.5. The second-order valence-electron chi connectivity index (χ2n) is 24.7. The van der Waals surface area contributed by atoms with Gasteiger partial charge in [-0.1, -0.05) is 48.5 Å². The van der Waals surface area contributed by atoms with E-state index in [1.165, 1.54) is 70.3 Å². The van der Waals surface area contributed by atoms with E-state index in [1.54, 1.807) is 9.36 Å². The lowest BCUT2D eigenvalue weighted by atomic mass is 9.62. The Labute approximate surface area is 477 Å². The Morgan fingerprint density at radius 1 is 0.537 bits per heavy atom. The van der Waals surface area contributed by atoms with Crippen molar-refractivity contribution in [3.05, 3.63) is 141 Å². The molecular weight excluding hydrogens is 1020 g/mol. The predicted octanol–water partition coefficient (Wildman–Crippen LogP) is 8.65. The van der Waals surface area contributed by atoms with E-state index in [0.717, 1.165) is 129 Å². The Morgan fingerprint density at radius 3 is 1.71 bits per heavy atom. The fraction of sp³-hybridized carbons (Fsp3) is 0.438. The van der Waals surface area contributed by atoms with Crippen LogP contribution in [-0.4, -0.2) is 123 Å². The van der Waals surface area contributed by atoms with E-state index in [1.807, 2.05) is 14.2 Å². The molecule has 8 aromatic rings. The monoisotopic (exact) mass is 1090 g/mol. The van der Waals surface area contributed by atoms with E-state index in [0.29, 0.717) is 59.7 Å². The van der Waals surface area contributed by atoms with Crippen LogP contribution in [0.5, 0.6) is 0 Å². The van der Waals surface area contributed by atoms with Crippen LogP contribution in [0.3, 0.4) is 0 Å². The number of hydrogen-bond acceptors (Lipinski definition) is 16. The number of nitrogen functional groups attached to an aromatic ring is 2. The summed E-state index contributed by atoms with van der Waals surface area (Å²) in [5.74, 6) is 3.24. The van der Waals surface area contributed by atoms with Crippen molar-refractivity contribution >= 4 is 35.2 Å². The average Bonchev–Trinajstić information content (AvgIpc) is 2.36. The van der Waals surface area contributed by atoms with Gasteiger partial charge in [0.25, 0.3) is 0 Å². The molecule has 10 aliphatic rings. The Balaban J connectivity index is 0.585. The Morgan fingerprint density at radius 2 is 1.10 bits per heavy atom. The number of aryl methyl sites for hydroxylation is 8. The summed E-state index contributed by atoms with van der Waals surface area (Å²) in [4.78, 5) is 14.8. The number of benzene rings is 4. The summed E-state index contributed by atoms with van der Waals surface area (Å²) in [6.07, 6.45) is 17.5. The molecule has 8 atom stereocenters. The fourth-order valence-electron chi connectivity index (χ4n) is 16.3. The molecule has 4 aromatic carbocycles. The van der Waals surface area contributed by atoms with E-state index < -0.39 is 0 Å². The molecule has 18 rings (SSSR count). The number of nitrogens with two attached hydrogens (primary N) is 2. The number of hydrogen-bond donors (Lipinski definition) is 4. The number of aromatic nitrogens is 10. The number of methoxy groups -OCH3 is 2.